The molecule has 0 aliphatic rings. The van der Waals surface area contributed by atoms with E-state index in [0.717, 1.165) is 11.1 Å². The van der Waals surface area contributed by atoms with E-state index in [9.17, 15) is 14.4 Å². The molecule has 112 valence electrons. The molecule has 0 saturated heterocycles. The summed E-state index contributed by atoms with van der Waals surface area (Å²) in [6.07, 6.45) is 0.766. The number of benzene rings is 2. The zero-order valence-electron chi connectivity index (χ0n) is 12.8. The summed E-state index contributed by atoms with van der Waals surface area (Å²) >= 11 is 0. The number of hydrogen-bond acceptors (Lipinski definition) is 3. The van der Waals surface area contributed by atoms with Crippen LogP contribution in [0.3, 0.4) is 0 Å². The lowest BCUT2D eigenvalue weighted by atomic mass is 9.99. The van der Waals surface area contributed by atoms with E-state index in [0.29, 0.717) is 24.0 Å². The van der Waals surface area contributed by atoms with Crippen molar-refractivity contribution in [3.8, 4) is 0 Å². The van der Waals surface area contributed by atoms with Gasteiger partial charge in [-0.15, -0.1) is 0 Å². The van der Waals surface area contributed by atoms with Crippen LogP contribution in [0.25, 0.3) is 0 Å². The fourth-order valence-corrected chi connectivity index (χ4v) is 2.29. The Balaban J connectivity index is 2.13. The van der Waals surface area contributed by atoms with Crippen molar-refractivity contribution in [3.05, 3.63) is 70.8 Å². The van der Waals surface area contributed by atoms with Crippen LogP contribution >= 0.6 is 0 Å². The molecule has 22 heavy (non-hydrogen) atoms. The molecule has 2 aromatic carbocycles. The number of carbonyl (C=O) groups is 3. The molecular weight excluding hydrogens is 276 g/mol. The monoisotopic (exact) mass is 294 g/mol. The Kier molecular flexibility index (Phi) is 4.99. The van der Waals surface area contributed by atoms with Crippen molar-refractivity contribution < 1.29 is 14.4 Å². The maximum absolute atomic E-state index is 12.4. The summed E-state index contributed by atoms with van der Waals surface area (Å²) in [6, 6.07) is 14.2. The first-order chi connectivity index (χ1) is 10.5. The van der Waals surface area contributed by atoms with Crippen molar-refractivity contribution in [1.82, 2.24) is 0 Å². The Morgan fingerprint density at radius 3 is 1.23 bits per heavy atom. The highest BCUT2D eigenvalue weighted by Gasteiger charge is 2.09. The Morgan fingerprint density at radius 2 is 0.955 bits per heavy atom. The summed E-state index contributed by atoms with van der Waals surface area (Å²) < 4.78 is 0. The third kappa shape index (κ3) is 4.22. The molecule has 0 amide bonds. The molecule has 0 bridgehead atoms. The molecule has 0 atom stereocenters. The third-order valence-corrected chi connectivity index (χ3v) is 3.34. The third-order valence-electron chi connectivity index (χ3n) is 3.34. The van der Waals surface area contributed by atoms with Crippen molar-refractivity contribution in [2.45, 2.75) is 26.7 Å². The minimum Gasteiger partial charge on any atom is -0.300 e. The van der Waals surface area contributed by atoms with E-state index >= 15 is 0 Å². The lowest BCUT2D eigenvalue weighted by Gasteiger charge is -2.04. The average molecular weight is 294 g/mol. The molecule has 0 radical (unpaired) electrons. The van der Waals surface area contributed by atoms with Gasteiger partial charge in [-0.05, 0) is 25.0 Å². The Morgan fingerprint density at radius 1 is 0.636 bits per heavy atom. The standard InChI is InChI=1S/C19H18O3/c1-13(20)11-15-3-7-17(8-4-15)19(22)18-9-5-16(6-10-18)12-14(2)21/h3-10H,11-12H2,1-2H3. The summed E-state index contributed by atoms with van der Waals surface area (Å²) in [5.41, 5.74) is 2.99. The number of hydrogen-bond donors (Lipinski definition) is 0. The van der Waals surface area contributed by atoms with Gasteiger partial charge in [0.2, 0.25) is 0 Å². The summed E-state index contributed by atoms with van der Waals surface area (Å²) in [7, 11) is 0. The van der Waals surface area contributed by atoms with Gasteiger partial charge in [0.15, 0.2) is 5.78 Å². The summed E-state index contributed by atoms with van der Waals surface area (Å²) in [4.78, 5) is 34.5. The van der Waals surface area contributed by atoms with Gasteiger partial charge in [-0.1, -0.05) is 48.5 Å². The van der Waals surface area contributed by atoms with Crippen molar-refractivity contribution in [2.24, 2.45) is 0 Å². The van der Waals surface area contributed by atoms with Crippen LogP contribution in [0.15, 0.2) is 48.5 Å². The Labute approximate surface area is 130 Å². The first-order valence-corrected chi connectivity index (χ1v) is 7.17. The smallest absolute Gasteiger partial charge is 0.193 e. The topological polar surface area (TPSA) is 51.2 Å². The van der Waals surface area contributed by atoms with E-state index in [1.165, 1.54) is 0 Å². The first kappa shape index (κ1) is 15.8. The minimum atomic E-state index is -0.0660. The predicted molar refractivity (Wildman–Crippen MR) is 85.1 cm³/mol. The highest BCUT2D eigenvalue weighted by atomic mass is 16.1. The molecule has 0 aromatic heterocycles. The van der Waals surface area contributed by atoms with Crippen LogP contribution in [0, 0.1) is 0 Å². The summed E-state index contributed by atoms with van der Waals surface area (Å²) in [6.45, 7) is 3.09. The van der Waals surface area contributed by atoms with Gasteiger partial charge in [0, 0.05) is 24.0 Å². The number of carbonyl (C=O) groups excluding carboxylic acids is 3. The molecule has 2 aromatic rings. The van der Waals surface area contributed by atoms with Gasteiger partial charge in [-0.2, -0.15) is 0 Å². The lowest BCUT2D eigenvalue weighted by molar-refractivity contribution is -0.117. The Bertz CT molecular complexity index is 633. The predicted octanol–water partition coefficient (Wildman–Crippen LogP) is 3.18. The molecule has 0 fully saturated rings. The first-order valence-electron chi connectivity index (χ1n) is 7.17. The fourth-order valence-electron chi connectivity index (χ4n) is 2.29. The zero-order chi connectivity index (χ0) is 16.1. The van der Waals surface area contributed by atoms with Crippen molar-refractivity contribution in [2.75, 3.05) is 0 Å². The number of Topliss-reactive ketones (excluding diaryl/α,β-unsaturated/α-hetero) is 2. The van der Waals surface area contributed by atoms with E-state index in [-0.39, 0.29) is 17.3 Å². The van der Waals surface area contributed by atoms with E-state index in [1.807, 2.05) is 0 Å². The van der Waals surface area contributed by atoms with Gasteiger partial charge in [0.25, 0.3) is 0 Å². The number of ketones is 3. The summed E-state index contributed by atoms with van der Waals surface area (Å²) in [5, 5.41) is 0. The molecule has 0 saturated carbocycles. The molecular formula is C19H18O3. The van der Waals surface area contributed by atoms with E-state index < -0.39 is 0 Å². The maximum Gasteiger partial charge on any atom is 0.193 e. The largest absolute Gasteiger partial charge is 0.300 e. The van der Waals surface area contributed by atoms with Crippen molar-refractivity contribution in [3.63, 3.8) is 0 Å². The fraction of sp³-hybridized carbons (Fsp3) is 0.211. The van der Waals surface area contributed by atoms with Crippen LogP contribution < -0.4 is 0 Å². The average Bonchev–Trinajstić information content (AvgIpc) is 2.47. The van der Waals surface area contributed by atoms with Crippen LogP contribution in [-0.4, -0.2) is 17.3 Å². The van der Waals surface area contributed by atoms with Gasteiger partial charge in [-0.25, -0.2) is 0 Å². The van der Waals surface area contributed by atoms with Gasteiger partial charge in [0.05, 0.1) is 0 Å². The van der Waals surface area contributed by atoms with E-state index in [2.05, 4.69) is 0 Å². The number of rotatable bonds is 6. The van der Waals surface area contributed by atoms with E-state index in [4.69, 9.17) is 0 Å². The SMILES string of the molecule is CC(=O)Cc1ccc(C(=O)c2ccc(CC(C)=O)cc2)cc1. The van der Waals surface area contributed by atoms with Crippen LogP contribution in [0.2, 0.25) is 0 Å². The summed E-state index contributed by atoms with van der Waals surface area (Å²) in [5.74, 6) is 0.129. The molecule has 0 unspecified atom stereocenters. The van der Waals surface area contributed by atoms with Gasteiger partial charge in [-0.3, -0.25) is 14.4 Å². The van der Waals surface area contributed by atoms with Crippen LogP contribution in [0.5, 0.6) is 0 Å². The quantitative estimate of drug-likeness (QED) is 0.769. The second-order valence-corrected chi connectivity index (χ2v) is 5.48. The maximum atomic E-state index is 12.4. The molecule has 2 rings (SSSR count). The van der Waals surface area contributed by atoms with Crippen molar-refractivity contribution >= 4 is 17.3 Å². The molecule has 0 aliphatic carbocycles. The normalized spacial score (nSPS) is 10.3. The highest BCUT2D eigenvalue weighted by Crippen LogP contribution is 2.13. The van der Waals surface area contributed by atoms with Crippen LogP contribution in [-0.2, 0) is 22.4 Å². The van der Waals surface area contributed by atoms with Gasteiger partial charge >= 0.3 is 0 Å². The molecule has 3 heteroatoms. The molecule has 0 spiro atoms. The molecule has 0 aliphatic heterocycles. The minimum absolute atomic E-state index is 0.0660. The zero-order valence-corrected chi connectivity index (χ0v) is 12.8. The van der Waals surface area contributed by atoms with Crippen LogP contribution in [0.1, 0.15) is 40.9 Å². The lowest BCUT2D eigenvalue weighted by Crippen LogP contribution is -2.03. The van der Waals surface area contributed by atoms with E-state index in [1.54, 1.807) is 62.4 Å². The molecule has 0 heterocycles. The molecule has 3 nitrogen and oxygen atoms in total. The highest BCUT2D eigenvalue weighted by molar-refractivity contribution is 6.09. The van der Waals surface area contributed by atoms with Gasteiger partial charge < -0.3 is 0 Å². The second-order valence-electron chi connectivity index (χ2n) is 5.48. The van der Waals surface area contributed by atoms with Gasteiger partial charge in [0.1, 0.15) is 11.6 Å². The van der Waals surface area contributed by atoms with Crippen LogP contribution in [0.4, 0.5) is 0 Å². The second kappa shape index (κ2) is 6.94. The Hall–Kier alpha value is -2.55. The van der Waals surface area contributed by atoms with Crippen molar-refractivity contribution in [1.29, 1.82) is 0 Å². The molecule has 0 N–H and O–H groups in total.